The summed E-state index contributed by atoms with van der Waals surface area (Å²) in [5.41, 5.74) is 2.76. The molecule has 0 saturated heterocycles. The average molecular weight is 430 g/mol. The molecule has 5 rings (SSSR count). The van der Waals surface area contributed by atoms with E-state index in [4.69, 9.17) is 21.1 Å². The van der Waals surface area contributed by atoms with Gasteiger partial charge in [0.2, 0.25) is 5.78 Å². The standard InChI is InChI=1S/C25H16ClNO4/c1-27-14-16(19-4-2-3-5-21(19)27)12-23-24(28)20-11-10-18(13-22(20)31-23)30-25(29)15-6-8-17(26)9-7-15/h2-14H,1H3/b23-12+. The zero-order valence-electron chi connectivity index (χ0n) is 16.5. The van der Waals surface area contributed by atoms with Gasteiger partial charge in [0.15, 0.2) is 5.76 Å². The zero-order chi connectivity index (χ0) is 21.5. The van der Waals surface area contributed by atoms with E-state index in [9.17, 15) is 9.59 Å². The molecule has 152 valence electrons. The fraction of sp³-hybridized carbons (Fsp3) is 0.0400. The Balaban J connectivity index is 1.41. The molecule has 4 aromatic rings. The predicted octanol–water partition coefficient (Wildman–Crippen LogP) is 5.67. The molecule has 0 bridgehead atoms. The Morgan fingerprint density at radius 1 is 1.06 bits per heavy atom. The SMILES string of the molecule is Cn1cc(/C=C2/Oc3cc(OC(=O)c4ccc(Cl)cc4)ccc3C2=O)c2ccccc21. The molecule has 1 aromatic heterocycles. The Bertz CT molecular complexity index is 1380. The van der Waals surface area contributed by atoms with Crippen LogP contribution in [0.15, 0.2) is 78.7 Å². The first kappa shape index (κ1) is 19.2. The molecule has 6 heteroatoms. The maximum atomic E-state index is 12.8. The minimum Gasteiger partial charge on any atom is -0.452 e. The smallest absolute Gasteiger partial charge is 0.343 e. The number of fused-ring (bicyclic) bond motifs is 2. The summed E-state index contributed by atoms with van der Waals surface area (Å²) in [6.45, 7) is 0. The van der Waals surface area contributed by atoms with E-state index >= 15 is 0 Å². The van der Waals surface area contributed by atoms with Gasteiger partial charge < -0.3 is 14.0 Å². The zero-order valence-corrected chi connectivity index (χ0v) is 17.2. The first-order valence-corrected chi connectivity index (χ1v) is 9.97. The number of esters is 1. The number of hydrogen-bond acceptors (Lipinski definition) is 4. The summed E-state index contributed by atoms with van der Waals surface area (Å²) in [7, 11) is 1.96. The number of aryl methyl sites for hydroxylation is 1. The highest BCUT2D eigenvalue weighted by Gasteiger charge is 2.28. The molecule has 0 radical (unpaired) electrons. The number of ketones is 1. The van der Waals surface area contributed by atoms with Crippen LogP contribution in [-0.4, -0.2) is 16.3 Å². The van der Waals surface area contributed by atoms with Crippen LogP contribution in [0.4, 0.5) is 0 Å². The Hall–Kier alpha value is -3.83. The summed E-state index contributed by atoms with van der Waals surface area (Å²) in [5.74, 6) is 0.148. The number of nitrogens with zero attached hydrogens (tertiary/aromatic N) is 1. The largest absolute Gasteiger partial charge is 0.452 e. The van der Waals surface area contributed by atoms with E-state index in [-0.39, 0.29) is 17.3 Å². The van der Waals surface area contributed by atoms with Gasteiger partial charge in [-0.2, -0.15) is 0 Å². The van der Waals surface area contributed by atoms with Crippen molar-refractivity contribution in [2.24, 2.45) is 7.05 Å². The quantitative estimate of drug-likeness (QED) is 0.239. The fourth-order valence-electron chi connectivity index (χ4n) is 3.61. The fourth-order valence-corrected chi connectivity index (χ4v) is 3.74. The van der Waals surface area contributed by atoms with Gasteiger partial charge in [-0.25, -0.2) is 4.79 Å². The molecular formula is C25H16ClNO4. The van der Waals surface area contributed by atoms with Crippen LogP contribution in [0, 0.1) is 0 Å². The number of aromatic nitrogens is 1. The lowest BCUT2D eigenvalue weighted by Gasteiger charge is -2.05. The number of halogens is 1. The second-order valence-corrected chi connectivity index (χ2v) is 7.64. The van der Waals surface area contributed by atoms with Crippen LogP contribution in [0.1, 0.15) is 26.3 Å². The van der Waals surface area contributed by atoms with Crippen molar-refractivity contribution >= 4 is 40.3 Å². The van der Waals surface area contributed by atoms with Gasteiger partial charge in [0.05, 0.1) is 11.1 Å². The minimum absolute atomic E-state index is 0.210. The van der Waals surface area contributed by atoms with Crippen molar-refractivity contribution in [3.63, 3.8) is 0 Å². The van der Waals surface area contributed by atoms with Gasteiger partial charge in [0.1, 0.15) is 11.5 Å². The van der Waals surface area contributed by atoms with Crippen molar-refractivity contribution in [2.45, 2.75) is 0 Å². The number of carbonyl (C=O) groups excluding carboxylic acids is 2. The normalized spacial score (nSPS) is 14.0. The predicted molar refractivity (Wildman–Crippen MR) is 119 cm³/mol. The van der Waals surface area contributed by atoms with Crippen molar-refractivity contribution in [1.82, 2.24) is 4.57 Å². The maximum Gasteiger partial charge on any atom is 0.343 e. The molecule has 0 spiro atoms. The second-order valence-electron chi connectivity index (χ2n) is 7.21. The number of ether oxygens (including phenoxy) is 2. The lowest BCUT2D eigenvalue weighted by atomic mass is 10.1. The van der Waals surface area contributed by atoms with Gasteiger partial charge in [-0.05, 0) is 48.5 Å². The van der Waals surface area contributed by atoms with Crippen molar-refractivity contribution < 1.29 is 19.1 Å². The van der Waals surface area contributed by atoms with Crippen LogP contribution in [0.5, 0.6) is 11.5 Å². The third-order valence-electron chi connectivity index (χ3n) is 5.15. The van der Waals surface area contributed by atoms with Crippen LogP contribution in [0.3, 0.4) is 0 Å². The van der Waals surface area contributed by atoms with E-state index in [0.29, 0.717) is 21.9 Å². The Morgan fingerprint density at radius 3 is 2.65 bits per heavy atom. The monoisotopic (exact) mass is 429 g/mol. The molecule has 31 heavy (non-hydrogen) atoms. The van der Waals surface area contributed by atoms with E-state index in [1.54, 1.807) is 48.5 Å². The average Bonchev–Trinajstić information content (AvgIpc) is 3.25. The first-order valence-electron chi connectivity index (χ1n) is 9.60. The van der Waals surface area contributed by atoms with Gasteiger partial charge in [-0.3, -0.25) is 4.79 Å². The molecule has 0 aliphatic carbocycles. The number of para-hydroxylation sites is 1. The van der Waals surface area contributed by atoms with Gasteiger partial charge >= 0.3 is 5.97 Å². The molecule has 0 N–H and O–H groups in total. The third kappa shape index (κ3) is 3.49. The molecular weight excluding hydrogens is 414 g/mol. The Morgan fingerprint density at radius 2 is 1.84 bits per heavy atom. The molecule has 0 atom stereocenters. The van der Waals surface area contributed by atoms with Crippen molar-refractivity contribution in [1.29, 1.82) is 0 Å². The van der Waals surface area contributed by atoms with Crippen LogP contribution in [0.25, 0.3) is 17.0 Å². The molecule has 0 unspecified atom stereocenters. The highest BCUT2D eigenvalue weighted by atomic mass is 35.5. The van der Waals surface area contributed by atoms with Gasteiger partial charge in [-0.15, -0.1) is 0 Å². The lowest BCUT2D eigenvalue weighted by molar-refractivity contribution is 0.0734. The van der Waals surface area contributed by atoms with Crippen molar-refractivity contribution in [3.05, 3.63) is 100 Å². The number of carbonyl (C=O) groups is 2. The maximum absolute atomic E-state index is 12.8. The summed E-state index contributed by atoms with van der Waals surface area (Å²) in [6, 6.07) is 19.1. The van der Waals surface area contributed by atoms with E-state index < -0.39 is 5.97 Å². The minimum atomic E-state index is -0.521. The molecule has 0 fully saturated rings. The van der Waals surface area contributed by atoms with E-state index in [0.717, 1.165) is 16.5 Å². The topological polar surface area (TPSA) is 57.5 Å². The van der Waals surface area contributed by atoms with Gasteiger partial charge in [-0.1, -0.05) is 29.8 Å². The molecule has 0 amide bonds. The third-order valence-corrected chi connectivity index (χ3v) is 5.40. The number of allylic oxidation sites excluding steroid dienone is 1. The number of Topliss-reactive ketones (excluding diaryl/α,β-unsaturated/α-hetero) is 1. The van der Waals surface area contributed by atoms with Crippen LogP contribution in [0.2, 0.25) is 5.02 Å². The Labute approximate surface area is 183 Å². The molecule has 1 aliphatic rings. The molecule has 0 saturated carbocycles. The van der Waals surface area contributed by atoms with Crippen LogP contribution in [-0.2, 0) is 7.05 Å². The van der Waals surface area contributed by atoms with E-state index in [1.807, 2.05) is 42.1 Å². The summed E-state index contributed by atoms with van der Waals surface area (Å²) in [5, 5.41) is 1.56. The van der Waals surface area contributed by atoms with Crippen molar-refractivity contribution in [3.8, 4) is 11.5 Å². The highest BCUT2D eigenvalue weighted by molar-refractivity contribution is 6.30. The van der Waals surface area contributed by atoms with Crippen LogP contribution < -0.4 is 9.47 Å². The van der Waals surface area contributed by atoms with Gasteiger partial charge in [0, 0.05) is 40.8 Å². The van der Waals surface area contributed by atoms with E-state index in [2.05, 4.69) is 0 Å². The first-order chi connectivity index (χ1) is 15.0. The van der Waals surface area contributed by atoms with E-state index in [1.165, 1.54) is 0 Å². The Kier molecular flexibility index (Phi) is 4.60. The van der Waals surface area contributed by atoms with Gasteiger partial charge in [0.25, 0.3) is 0 Å². The summed E-state index contributed by atoms with van der Waals surface area (Å²) in [6.07, 6.45) is 3.70. The molecule has 5 nitrogen and oxygen atoms in total. The number of hydrogen-bond donors (Lipinski definition) is 0. The number of rotatable bonds is 3. The molecule has 2 heterocycles. The summed E-state index contributed by atoms with van der Waals surface area (Å²) < 4.78 is 13.2. The molecule has 1 aliphatic heterocycles. The lowest BCUT2D eigenvalue weighted by Crippen LogP contribution is -2.08. The molecule has 3 aromatic carbocycles. The van der Waals surface area contributed by atoms with Crippen LogP contribution >= 0.6 is 11.6 Å². The summed E-state index contributed by atoms with van der Waals surface area (Å²) in [4.78, 5) is 25.1. The van der Waals surface area contributed by atoms with Crippen molar-refractivity contribution in [2.75, 3.05) is 0 Å². The summed E-state index contributed by atoms with van der Waals surface area (Å²) >= 11 is 5.85. The highest BCUT2D eigenvalue weighted by Crippen LogP contribution is 2.36. The second kappa shape index (κ2) is 7.45. The number of benzene rings is 3.